The number of Topliss-reactive ketones (excluding diaryl/α,β-unsaturated/α-hetero) is 2. The Kier molecular flexibility index (Phi) is 3.17. The largest absolute Gasteiger partial charge is 0.494 e. The molecule has 1 aromatic rings. The maximum absolute atomic E-state index is 12.9. The van der Waals surface area contributed by atoms with Gasteiger partial charge in [-0.3, -0.25) is 9.59 Å². The van der Waals surface area contributed by atoms with Gasteiger partial charge in [-0.25, -0.2) is 0 Å². The van der Waals surface area contributed by atoms with E-state index in [0.29, 0.717) is 23.5 Å². The molecule has 0 heterocycles. The lowest BCUT2D eigenvalue weighted by atomic mass is 9.69. The molecular formula is C19H20O3. The van der Waals surface area contributed by atoms with Crippen LogP contribution in [-0.4, -0.2) is 18.2 Å². The Bertz CT molecular complexity index is 673. The van der Waals surface area contributed by atoms with Gasteiger partial charge in [0.05, 0.1) is 6.61 Å². The SMILES string of the molecule is CCCCOc1ccc2c(c1)C(=O)C1C3C=CC(C3)C1C2=O. The van der Waals surface area contributed by atoms with Gasteiger partial charge < -0.3 is 4.74 Å². The van der Waals surface area contributed by atoms with Gasteiger partial charge in [0, 0.05) is 23.0 Å². The second kappa shape index (κ2) is 5.08. The Hall–Kier alpha value is -1.90. The smallest absolute Gasteiger partial charge is 0.168 e. The van der Waals surface area contributed by atoms with E-state index in [2.05, 4.69) is 19.1 Å². The van der Waals surface area contributed by atoms with Crippen molar-refractivity contribution in [3.8, 4) is 5.75 Å². The number of rotatable bonds is 4. The van der Waals surface area contributed by atoms with Crippen LogP contribution in [0.2, 0.25) is 0 Å². The molecule has 114 valence electrons. The molecule has 0 saturated heterocycles. The number of benzene rings is 1. The molecule has 3 aliphatic carbocycles. The number of ketones is 2. The van der Waals surface area contributed by atoms with Crippen molar-refractivity contribution in [1.82, 2.24) is 0 Å². The molecule has 0 aliphatic heterocycles. The van der Waals surface area contributed by atoms with Crippen molar-refractivity contribution in [3.05, 3.63) is 41.5 Å². The second-order valence-corrected chi connectivity index (χ2v) is 6.64. The molecule has 3 aliphatic rings. The van der Waals surface area contributed by atoms with Crippen LogP contribution in [0.1, 0.15) is 46.9 Å². The van der Waals surface area contributed by atoms with Crippen LogP contribution in [-0.2, 0) is 0 Å². The van der Waals surface area contributed by atoms with E-state index in [1.165, 1.54) is 0 Å². The maximum atomic E-state index is 12.9. The van der Waals surface area contributed by atoms with E-state index in [0.717, 1.165) is 19.3 Å². The molecule has 1 aromatic carbocycles. The van der Waals surface area contributed by atoms with Crippen molar-refractivity contribution >= 4 is 11.6 Å². The summed E-state index contributed by atoms with van der Waals surface area (Å²) in [6.45, 7) is 2.76. The van der Waals surface area contributed by atoms with Gasteiger partial charge in [-0.15, -0.1) is 0 Å². The minimum atomic E-state index is -0.138. The summed E-state index contributed by atoms with van der Waals surface area (Å²) < 4.78 is 5.69. The zero-order chi connectivity index (χ0) is 15.3. The van der Waals surface area contributed by atoms with E-state index in [1.807, 2.05) is 6.07 Å². The highest BCUT2D eigenvalue weighted by atomic mass is 16.5. The van der Waals surface area contributed by atoms with E-state index in [9.17, 15) is 9.59 Å². The monoisotopic (exact) mass is 296 g/mol. The Labute approximate surface area is 130 Å². The lowest BCUT2D eigenvalue weighted by Crippen LogP contribution is -2.38. The molecule has 0 radical (unpaired) electrons. The van der Waals surface area contributed by atoms with Crippen molar-refractivity contribution < 1.29 is 14.3 Å². The maximum Gasteiger partial charge on any atom is 0.168 e. The molecule has 22 heavy (non-hydrogen) atoms. The highest BCUT2D eigenvalue weighted by molar-refractivity contribution is 6.17. The average Bonchev–Trinajstić information content (AvgIpc) is 3.14. The van der Waals surface area contributed by atoms with E-state index in [4.69, 9.17) is 4.74 Å². The third-order valence-electron chi connectivity index (χ3n) is 5.35. The van der Waals surface area contributed by atoms with Crippen molar-refractivity contribution in [3.63, 3.8) is 0 Å². The molecule has 4 unspecified atom stereocenters. The van der Waals surface area contributed by atoms with Crippen LogP contribution in [0.4, 0.5) is 0 Å². The highest BCUT2D eigenvalue weighted by Gasteiger charge is 2.54. The van der Waals surface area contributed by atoms with Crippen LogP contribution in [0.5, 0.6) is 5.75 Å². The third kappa shape index (κ3) is 1.88. The molecule has 3 heteroatoms. The summed E-state index contributed by atoms with van der Waals surface area (Å²) in [4.78, 5) is 25.7. The van der Waals surface area contributed by atoms with Crippen LogP contribution in [0, 0.1) is 23.7 Å². The summed E-state index contributed by atoms with van der Waals surface area (Å²) in [5.41, 5.74) is 1.16. The standard InChI is InChI=1S/C19H20O3/c1-2-3-8-22-13-6-7-14-15(10-13)19(21)17-12-5-4-11(9-12)16(17)18(14)20/h4-7,10-12,16-17H,2-3,8-9H2,1H3. The summed E-state index contributed by atoms with van der Waals surface area (Å²) in [6, 6.07) is 5.38. The summed E-state index contributed by atoms with van der Waals surface area (Å²) >= 11 is 0. The van der Waals surface area contributed by atoms with E-state index in [-0.39, 0.29) is 35.2 Å². The third-order valence-corrected chi connectivity index (χ3v) is 5.35. The first kappa shape index (κ1) is 13.7. The number of fused-ring (bicyclic) bond motifs is 6. The van der Waals surface area contributed by atoms with Gasteiger partial charge >= 0.3 is 0 Å². The molecule has 4 atom stereocenters. The molecule has 0 N–H and O–H groups in total. The predicted molar refractivity (Wildman–Crippen MR) is 83.2 cm³/mol. The Morgan fingerprint density at radius 3 is 2.41 bits per heavy atom. The average molecular weight is 296 g/mol. The zero-order valence-electron chi connectivity index (χ0n) is 12.7. The van der Waals surface area contributed by atoms with Gasteiger partial charge in [0.15, 0.2) is 11.6 Å². The van der Waals surface area contributed by atoms with Crippen LogP contribution in [0.3, 0.4) is 0 Å². The number of carbonyl (C=O) groups is 2. The lowest BCUT2D eigenvalue weighted by Gasteiger charge is -2.31. The minimum absolute atomic E-state index is 0.123. The number of hydrogen-bond donors (Lipinski definition) is 0. The molecule has 0 amide bonds. The number of hydrogen-bond acceptors (Lipinski definition) is 3. The van der Waals surface area contributed by atoms with Gasteiger partial charge in [-0.05, 0) is 42.9 Å². The van der Waals surface area contributed by atoms with Gasteiger partial charge in [-0.1, -0.05) is 25.5 Å². The fourth-order valence-electron chi connectivity index (χ4n) is 4.26. The summed E-state index contributed by atoms with van der Waals surface area (Å²) in [5.74, 6) is 1.24. The highest BCUT2D eigenvalue weighted by Crippen LogP contribution is 2.52. The molecule has 0 aromatic heterocycles. The van der Waals surface area contributed by atoms with Crippen LogP contribution >= 0.6 is 0 Å². The summed E-state index contributed by atoms with van der Waals surface area (Å²) in [6.07, 6.45) is 7.28. The van der Waals surface area contributed by atoms with E-state index >= 15 is 0 Å². The first-order chi connectivity index (χ1) is 10.7. The quantitative estimate of drug-likeness (QED) is 0.629. The van der Waals surface area contributed by atoms with E-state index < -0.39 is 0 Å². The van der Waals surface area contributed by atoms with Crippen molar-refractivity contribution in [2.75, 3.05) is 6.61 Å². The lowest BCUT2D eigenvalue weighted by molar-refractivity contribution is 0.0720. The number of unbranched alkanes of at least 4 members (excludes halogenated alkanes) is 1. The molecular weight excluding hydrogens is 276 g/mol. The Morgan fingerprint density at radius 2 is 1.73 bits per heavy atom. The molecule has 1 fully saturated rings. The van der Waals surface area contributed by atoms with Crippen molar-refractivity contribution in [2.45, 2.75) is 26.2 Å². The van der Waals surface area contributed by atoms with Crippen molar-refractivity contribution in [2.24, 2.45) is 23.7 Å². The molecule has 3 nitrogen and oxygen atoms in total. The Balaban J connectivity index is 1.68. The second-order valence-electron chi connectivity index (χ2n) is 6.64. The molecule has 1 saturated carbocycles. The van der Waals surface area contributed by atoms with Gasteiger partial charge in [0.25, 0.3) is 0 Å². The van der Waals surface area contributed by atoms with Crippen LogP contribution in [0.15, 0.2) is 30.4 Å². The minimum Gasteiger partial charge on any atom is -0.494 e. The van der Waals surface area contributed by atoms with E-state index in [1.54, 1.807) is 12.1 Å². The Morgan fingerprint density at radius 1 is 1.05 bits per heavy atom. The fraction of sp³-hybridized carbons (Fsp3) is 0.474. The van der Waals surface area contributed by atoms with Gasteiger partial charge in [0.1, 0.15) is 5.75 Å². The number of allylic oxidation sites excluding steroid dienone is 2. The van der Waals surface area contributed by atoms with Crippen molar-refractivity contribution in [1.29, 1.82) is 0 Å². The summed E-state index contributed by atoms with van der Waals surface area (Å²) in [7, 11) is 0. The van der Waals surface area contributed by atoms with Crippen LogP contribution in [0.25, 0.3) is 0 Å². The number of carbonyl (C=O) groups excluding carboxylic acids is 2. The molecule has 4 rings (SSSR count). The fourth-order valence-corrected chi connectivity index (χ4v) is 4.26. The first-order valence-electron chi connectivity index (χ1n) is 8.24. The molecule has 0 spiro atoms. The number of ether oxygens (including phenoxy) is 1. The topological polar surface area (TPSA) is 43.4 Å². The van der Waals surface area contributed by atoms with Gasteiger partial charge in [0.2, 0.25) is 0 Å². The normalized spacial score (nSPS) is 31.3. The van der Waals surface area contributed by atoms with Crippen LogP contribution < -0.4 is 4.74 Å². The summed E-state index contributed by atoms with van der Waals surface area (Å²) in [5, 5.41) is 0. The molecule has 2 bridgehead atoms. The first-order valence-corrected chi connectivity index (χ1v) is 8.24. The zero-order valence-corrected chi connectivity index (χ0v) is 12.7. The van der Waals surface area contributed by atoms with Gasteiger partial charge in [-0.2, -0.15) is 0 Å². The predicted octanol–water partition coefficient (Wildman–Crippen LogP) is 3.68.